The fourth-order valence-corrected chi connectivity index (χ4v) is 3.33. The van der Waals surface area contributed by atoms with Gasteiger partial charge in [-0.1, -0.05) is 70.4 Å². The number of fused-ring (bicyclic) bond motifs is 1. The Morgan fingerprint density at radius 3 is 2.50 bits per heavy atom. The number of benzene rings is 2. The number of rotatable bonds is 13. The molecule has 26 heavy (non-hydrogen) atoms. The highest BCUT2D eigenvalue weighted by Crippen LogP contribution is 2.28. The monoisotopic (exact) mass is 356 g/mol. The summed E-state index contributed by atoms with van der Waals surface area (Å²) in [7, 11) is 0. The van der Waals surface area contributed by atoms with Crippen LogP contribution in [0.3, 0.4) is 0 Å². The van der Waals surface area contributed by atoms with E-state index in [1.165, 1.54) is 35.6 Å². The third-order valence-electron chi connectivity index (χ3n) is 5.05. The summed E-state index contributed by atoms with van der Waals surface area (Å²) >= 11 is 0. The van der Waals surface area contributed by atoms with E-state index in [0.29, 0.717) is 0 Å². The van der Waals surface area contributed by atoms with Crippen molar-refractivity contribution >= 4 is 10.8 Å². The van der Waals surface area contributed by atoms with Crippen LogP contribution in [0.25, 0.3) is 10.8 Å². The molecule has 0 saturated carbocycles. The van der Waals surface area contributed by atoms with Gasteiger partial charge in [-0.25, -0.2) is 0 Å². The van der Waals surface area contributed by atoms with Crippen LogP contribution in [0, 0.1) is 0 Å². The van der Waals surface area contributed by atoms with Crippen LogP contribution >= 0.6 is 0 Å². The summed E-state index contributed by atoms with van der Waals surface area (Å²) in [6.07, 6.45) is 4.94. The molecular formula is C23H36N2O. The predicted molar refractivity (Wildman–Crippen MR) is 113 cm³/mol. The highest BCUT2D eigenvalue weighted by atomic mass is 16.5. The van der Waals surface area contributed by atoms with Crippen LogP contribution in [0.5, 0.6) is 5.75 Å². The first-order valence-corrected chi connectivity index (χ1v) is 10.4. The molecule has 0 fully saturated rings. The van der Waals surface area contributed by atoms with Crippen LogP contribution in [-0.4, -0.2) is 37.7 Å². The molecule has 0 bridgehead atoms. The van der Waals surface area contributed by atoms with Gasteiger partial charge in [-0.3, -0.25) is 0 Å². The van der Waals surface area contributed by atoms with Crippen molar-refractivity contribution in [2.24, 2.45) is 0 Å². The topological polar surface area (TPSA) is 24.5 Å². The molecule has 0 aliphatic carbocycles. The molecule has 2 rings (SSSR count). The van der Waals surface area contributed by atoms with E-state index in [9.17, 15) is 0 Å². The van der Waals surface area contributed by atoms with Crippen LogP contribution in [0.4, 0.5) is 0 Å². The summed E-state index contributed by atoms with van der Waals surface area (Å²) in [5, 5.41) is 6.21. The van der Waals surface area contributed by atoms with Crippen molar-refractivity contribution in [2.45, 2.75) is 53.0 Å². The summed E-state index contributed by atoms with van der Waals surface area (Å²) in [5.41, 5.74) is 1.29. The molecule has 0 aromatic heterocycles. The normalized spacial score (nSPS) is 11.4. The van der Waals surface area contributed by atoms with Crippen LogP contribution in [0.2, 0.25) is 0 Å². The largest absolute Gasteiger partial charge is 0.493 e. The first-order chi connectivity index (χ1) is 12.8. The van der Waals surface area contributed by atoms with Gasteiger partial charge in [-0.2, -0.15) is 0 Å². The van der Waals surface area contributed by atoms with Gasteiger partial charge in [0.2, 0.25) is 0 Å². The number of hydrogen-bond acceptors (Lipinski definition) is 3. The fourth-order valence-electron chi connectivity index (χ4n) is 3.33. The summed E-state index contributed by atoms with van der Waals surface area (Å²) < 4.78 is 6.16. The minimum Gasteiger partial charge on any atom is -0.493 e. The van der Waals surface area contributed by atoms with E-state index < -0.39 is 0 Å². The van der Waals surface area contributed by atoms with Crippen LogP contribution < -0.4 is 10.1 Å². The molecule has 2 aromatic carbocycles. The molecule has 0 heterocycles. The van der Waals surface area contributed by atoms with Crippen molar-refractivity contribution in [1.82, 2.24) is 10.2 Å². The van der Waals surface area contributed by atoms with E-state index in [4.69, 9.17) is 4.74 Å². The van der Waals surface area contributed by atoms with Gasteiger partial charge in [0.1, 0.15) is 5.75 Å². The number of unbranched alkanes of at least 4 members (excludes halogenated alkanes) is 3. The van der Waals surface area contributed by atoms with E-state index >= 15 is 0 Å². The lowest BCUT2D eigenvalue weighted by Crippen LogP contribution is -2.31. The maximum atomic E-state index is 6.16. The van der Waals surface area contributed by atoms with Crippen molar-refractivity contribution in [3.63, 3.8) is 0 Å². The predicted octanol–water partition coefficient (Wildman–Crippen LogP) is 5.23. The maximum Gasteiger partial charge on any atom is 0.124 e. The molecule has 2 aromatic rings. The molecule has 0 amide bonds. The first-order valence-electron chi connectivity index (χ1n) is 10.4. The molecule has 3 heteroatoms. The number of ether oxygens (including phenoxy) is 1. The number of nitrogens with zero attached hydrogens (tertiary/aromatic N) is 1. The second-order valence-electron chi connectivity index (χ2n) is 6.88. The van der Waals surface area contributed by atoms with Gasteiger partial charge in [-0.05, 0) is 36.3 Å². The Morgan fingerprint density at radius 2 is 1.73 bits per heavy atom. The standard InChI is InChI=1S/C23H36N2O/c1-4-7-8-11-18-26-23-15-14-20-12-9-10-13-21(20)22(23)19-24-16-17-25(5-2)6-3/h9-10,12-15,24H,4-8,11,16-19H2,1-3H3. The van der Waals surface area contributed by atoms with Crippen molar-refractivity contribution < 1.29 is 4.74 Å². The smallest absolute Gasteiger partial charge is 0.124 e. The zero-order valence-electron chi connectivity index (χ0n) is 16.9. The molecule has 1 N–H and O–H groups in total. The fraction of sp³-hybridized carbons (Fsp3) is 0.565. The average molecular weight is 357 g/mol. The van der Waals surface area contributed by atoms with E-state index in [2.05, 4.69) is 67.4 Å². The molecule has 0 unspecified atom stereocenters. The Morgan fingerprint density at radius 1 is 0.923 bits per heavy atom. The third-order valence-corrected chi connectivity index (χ3v) is 5.05. The maximum absolute atomic E-state index is 6.16. The Balaban J connectivity index is 2.01. The van der Waals surface area contributed by atoms with Gasteiger partial charge < -0.3 is 15.0 Å². The lowest BCUT2D eigenvalue weighted by molar-refractivity contribution is 0.296. The van der Waals surface area contributed by atoms with E-state index in [1.54, 1.807) is 0 Å². The van der Waals surface area contributed by atoms with E-state index in [0.717, 1.165) is 51.5 Å². The minimum absolute atomic E-state index is 0.810. The number of hydrogen-bond donors (Lipinski definition) is 1. The Bertz CT molecular complexity index is 637. The van der Waals surface area contributed by atoms with Crippen LogP contribution in [0.15, 0.2) is 36.4 Å². The molecule has 0 atom stereocenters. The molecule has 144 valence electrons. The van der Waals surface area contributed by atoms with E-state index in [-0.39, 0.29) is 0 Å². The SMILES string of the molecule is CCCCCCOc1ccc2ccccc2c1CNCCN(CC)CC. The molecule has 0 spiro atoms. The average Bonchev–Trinajstić information content (AvgIpc) is 2.68. The van der Waals surface area contributed by atoms with Crippen LogP contribution in [-0.2, 0) is 6.54 Å². The van der Waals surface area contributed by atoms with Gasteiger partial charge in [0.25, 0.3) is 0 Å². The molecular weight excluding hydrogens is 320 g/mol. The van der Waals surface area contributed by atoms with Crippen molar-refractivity contribution in [3.8, 4) is 5.75 Å². The zero-order chi connectivity index (χ0) is 18.6. The van der Waals surface area contributed by atoms with Gasteiger partial charge >= 0.3 is 0 Å². The molecule has 0 saturated heterocycles. The summed E-state index contributed by atoms with van der Waals surface area (Å²) in [4.78, 5) is 2.45. The van der Waals surface area contributed by atoms with Crippen molar-refractivity contribution in [2.75, 3.05) is 32.8 Å². The molecule has 3 nitrogen and oxygen atoms in total. The Labute approximate surface area is 159 Å². The summed E-state index contributed by atoms with van der Waals surface area (Å²) in [6.45, 7) is 12.7. The summed E-state index contributed by atoms with van der Waals surface area (Å²) in [6, 6.07) is 12.9. The van der Waals surface area contributed by atoms with Gasteiger partial charge in [0.15, 0.2) is 0 Å². The molecule has 0 radical (unpaired) electrons. The molecule has 0 aliphatic rings. The Hall–Kier alpha value is -1.58. The minimum atomic E-state index is 0.810. The first kappa shape index (κ1) is 20.7. The van der Waals surface area contributed by atoms with Gasteiger partial charge in [0.05, 0.1) is 6.61 Å². The van der Waals surface area contributed by atoms with Crippen LogP contribution in [0.1, 0.15) is 52.0 Å². The second-order valence-corrected chi connectivity index (χ2v) is 6.88. The molecule has 0 aliphatic heterocycles. The summed E-state index contributed by atoms with van der Waals surface area (Å²) in [5.74, 6) is 1.04. The van der Waals surface area contributed by atoms with Crippen molar-refractivity contribution in [1.29, 1.82) is 0 Å². The zero-order valence-corrected chi connectivity index (χ0v) is 16.9. The van der Waals surface area contributed by atoms with E-state index in [1.807, 2.05) is 0 Å². The highest BCUT2D eigenvalue weighted by Gasteiger charge is 2.09. The second kappa shape index (κ2) is 11.9. The van der Waals surface area contributed by atoms with Gasteiger partial charge in [0, 0.05) is 25.2 Å². The number of nitrogens with one attached hydrogen (secondary N) is 1. The van der Waals surface area contributed by atoms with Crippen molar-refractivity contribution in [3.05, 3.63) is 42.0 Å². The number of likely N-dealkylation sites (N-methyl/N-ethyl adjacent to an activating group) is 1. The Kier molecular flexibility index (Phi) is 9.51. The third kappa shape index (κ3) is 6.30. The van der Waals surface area contributed by atoms with Gasteiger partial charge in [-0.15, -0.1) is 0 Å². The lowest BCUT2D eigenvalue weighted by atomic mass is 10.0. The highest BCUT2D eigenvalue weighted by molar-refractivity contribution is 5.87. The lowest BCUT2D eigenvalue weighted by Gasteiger charge is -2.19. The quantitative estimate of drug-likeness (QED) is 0.497.